The van der Waals surface area contributed by atoms with Gasteiger partial charge in [-0.3, -0.25) is 9.13 Å². The van der Waals surface area contributed by atoms with E-state index in [4.69, 9.17) is 18.8 Å². The van der Waals surface area contributed by atoms with Crippen molar-refractivity contribution in [1.29, 1.82) is 0 Å². The van der Waals surface area contributed by atoms with Crippen LogP contribution in [0.1, 0.15) is 13.8 Å². The van der Waals surface area contributed by atoms with E-state index in [0.29, 0.717) is 0 Å². The highest BCUT2D eigenvalue weighted by Crippen LogP contribution is 2.51. The van der Waals surface area contributed by atoms with Crippen LogP contribution >= 0.6 is 15.2 Å². The van der Waals surface area contributed by atoms with Crippen molar-refractivity contribution in [2.75, 3.05) is 25.5 Å². The Labute approximate surface area is 83.3 Å². The maximum Gasteiger partial charge on any atom is 0.331 e. The largest absolute Gasteiger partial charge is 0.331 e. The minimum absolute atomic E-state index is 0.193. The van der Waals surface area contributed by atoms with Crippen molar-refractivity contribution in [1.82, 2.24) is 0 Å². The first kappa shape index (κ1) is 14.3. The van der Waals surface area contributed by atoms with E-state index in [1.165, 1.54) is 0 Å². The van der Waals surface area contributed by atoms with Gasteiger partial charge < -0.3 is 18.8 Å². The third kappa shape index (κ3) is 6.71. The van der Waals surface area contributed by atoms with Crippen LogP contribution in [0.2, 0.25) is 0 Å². The highest BCUT2D eigenvalue weighted by molar-refractivity contribution is 7.57. The zero-order valence-electron chi connectivity index (χ0n) is 8.25. The van der Waals surface area contributed by atoms with Gasteiger partial charge in [-0.1, -0.05) is 0 Å². The van der Waals surface area contributed by atoms with Crippen LogP contribution in [0.3, 0.4) is 0 Å². The molecule has 0 bridgehead atoms. The molecule has 0 rings (SSSR count). The summed E-state index contributed by atoms with van der Waals surface area (Å²) in [7, 11) is -7.45. The second kappa shape index (κ2) is 6.01. The van der Waals surface area contributed by atoms with E-state index < -0.39 is 21.4 Å². The molecule has 0 aliphatic rings. The van der Waals surface area contributed by atoms with Crippen molar-refractivity contribution < 1.29 is 28.0 Å². The summed E-state index contributed by atoms with van der Waals surface area (Å²) >= 11 is 0. The van der Waals surface area contributed by atoms with Crippen LogP contribution in [0, 0.1) is 0 Å². The molecule has 0 aliphatic heterocycles. The van der Waals surface area contributed by atoms with Gasteiger partial charge in [0.25, 0.3) is 0 Å². The quantitative estimate of drug-likeness (QED) is 0.660. The Morgan fingerprint density at radius 2 is 1.43 bits per heavy atom. The average molecular weight is 246 g/mol. The van der Waals surface area contributed by atoms with Crippen LogP contribution < -0.4 is 0 Å². The Morgan fingerprint density at radius 1 is 1.00 bits per heavy atom. The monoisotopic (exact) mass is 246 g/mol. The molecule has 0 unspecified atom stereocenters. The van der Waals surface area contributed by atoms with E-state index in [0.717, 1.165) is 0 Å². The number of rotatable bonds is 7. The van der Waals surface area contributed by atoms with Gasteiger partial charge in [-0.2, -0.15) is 0 Å². The van der Waals surface area contributed by atoms with E-state index in [-0.39, 0.29) is 19.4 Å². The van der Waals surface area contributed by atoms with E-state index in [1.54, 1.807) is 13.8 Å². The predicted octanol–water partition coefficient (Wildman–Crippen LogP) is 1.43. The lowest BCUT2D eigenvalue weighted by Gasteiger charge is -2.16. The third-order valence-corrected chi connectivity index (χ3v) is 4.55. The molecule has 0 saturated carbocycles. The zero-order chi connectivity index (χ0) is 11.2. The molecule has 0 saturated heterocycles. The molecule has 8 heteroatoms. The second-order valence-corrected chi connectivity index (χ2v) is 6.52. The highest BCUT2D eigenvalue weighted by atomic mass is 31.2. The van der Waals surface area contributed by atoms with Crippen molar-refractivity contribution in [2.24, 2.45) is 0 Å². The van der Waals surface area contributed by atoms with Gasteiger partial charge in [-0.15, -0.1) is 0 Å². The summed E-state index contributed by atoms with van der Waals surface area (Å²) in [6.07, 6.45) is -0.733. The topological polar surface area (TPSA) is 93.1 Å². The molecule has 0 amide bonds. The first-order valence-corrected chi connectivity index (χ1v) is 7.78. The second-order valence-electron chi connectivity index (χ2n) is 2.56. The van der Waals surface area contributed by atoms with E-state index in [9.17, 15) is 9.13 Å². The van der Waals surface area contributed by atoms with Gasteiger partial charge in [0.15, 0.2) is 0 Å². The van der Waals surface area contributed by atoms with Gasteiger partial charge in [-0.25, -0.2) is 0 Å². The normalized spacial score (nSPS) is 13.1. The first-order valence-electron chi connectivity index (χ1n) is 4.25. The van der Waals surface area contributed by atoms with Crippen molar-refractivity contribution >= 4 is 15.2 Å². The lowest BCUT2D eigenvalue weighted by Crippen LogP contribution is -2.04. The molecule has 0 spiro atoms. The number of hydrogen-bond acceptors (Lipinski definition) is 4. The fourth-order valence-corrected chi connectivity index (χ4v) is 3.95. The molecule has 0 aromatic carbocycles. The molecule has 6 nitrogen and oxygen atoms in total. The van der Waals surface area contributed by atoms with Gasteiger partial charge in [0.1, 0.15) is 0 Å². The highest BCUT2D eigenvalue weighted by Gasteiger charge is 2.27. The van der Waals surface area contributed by atoms with Crippen molar-refractivity contribution in [3.8, 4) is 0 Å². The summed E-state index contributed by atoms with van der Waals surface area (Å²) in [5.74, 6) is 0. The Morgan fingerprint density at radius 3 is 1.71 bits per heavy atom. The molecule has 0 aliphatic carbocycles. The lowest BCUT2D eigenvalue weighted by atomic mass is 10.9. The minimum atomic E-state index is -4.14. The molecule has 14 heavy (non-hydrogen) atoms. The smallest absolute Gasteiger partial charge is 0.324 e. The fraction of sp³-hybridized carbons (Fsp3) is 1.00. The number of hydrogen-bond donors (Lipinski definition) is 2. The van der Waals surface area contributed by atoms with Crippen LogP contribution in [0.15, 0.2) is 0 Å². The standard InChI is InChI=1S/C6H16O6P2/c1-3-11-14(10,12-4-2)6-5-13(7,8)9/h3-6H2,1-2H3,(H2,7,8,9). The summed E-state index contributed by atoms with van der Waals surface area (Å²) in [6.45, 7) is 3.67. The molecule has 0 aromatic heterocycles. The molecule has 0 heterocycles. The lowest BCUT2D eigenvalue weighted by molar-refractivity contribution is 0.220. The first-order chi connectivity index (χ1) is 6.33. The molecule has 0 fully saturated rings. The summed E-state index contributed by atoms with van der Waals surface area (Å²) < 4.78 is 31.9. The van der Waals surface area contributed by atoms with Gasteiger partial charge in [0.2, 0.25) is 0 Å². The zero-order valence-corrected chi connectivity index (χ0v) is 10.0. The van der Waals surface area contributed by atoms with Crippen LogP contribution in [0.25, 0.3) is 0 Å². The average Bonchev–Trinajstić information content (AvgIpc) is 2.01. The molecule has 86 valence electrons. The summed E-state index contributed by atoms with van der Waals surface area (Å²) in [5, 5.41) is 0. The van der Waals surface area contributed by atoms with Crippen LogP contribution in [-0.4, -0.2) is 35.3 Å². The molecule has 2 N–H and O–H groups in total. The minimum Gasteiger partial charge on any atom is -0.324 e. The molecular weight excluding hydrogens is 230 g/mol. The van der Waals surface area contributed by atoms with Crippen molar-refractivity contribution in [3.05, 3.63) is 0 Å². The Bertz CT molecular complexity index is 237. The van der Waals surface area contributed by atoms with Crippen LogP contribution in [-0.2, 0) is 18.2 Å². The molecular formula is C6H16O6P2. The van der Waals surface area contributed by atoms with E-state index in [1.807, 2.05) is 0 Å². The maximum atomic E-state index is 11.7. The summed E-state index contributed by atoms with van der Waals surface area (Å²) in [6, 6.07) is 0. The van der Waals surface area contributed by atoms with Crippen LogP contribution in [0.4, 0.5) is 0 Å². The van der Waals surface area contributed by atoms with E-state index in [2.05, 4.69) is 0 Å². The van der Waals surface area contributed by atoms with Gasteiger partial charge in [0.05, 0.1) is 25.5 Å². The predicted molar refractivity (Wildman–Crippen MR) is 52.6 cm³/mol. The van der Waals surface area contributed by atoms with Gasteiger partial charge in [0, 0.05) is 0 Å². The maximum absolute atomic E-state index is 11.7. The summed E-state index contributed by atoms with van der Waals surface area (Å²) in [5.41, 5.74) is 0. The van der Waals surface area contributed by atoms with Crippen molar-refractivity contribution in [3.63, 3.8) is 0 Å². The van der Waals surface area contributed by atoms with E-state index >= 15 is 0 Å². The Kier molecular flexibility index (Phi) is 6.14. The van der Waals surface area contributed by atoms with Crippen LogP contribution in [0.5, 0.6) is 0 Å². The van der Waals surface area contributed by atoms with Crippen molar-refractivity contribution in [2.45, 2.75) is 13.8 Å². The van der Waals surface area contributed by atoms with Gasteiger partial charge >= 0.3 is 15.2 Å². The SMILES string of the molecule is CCOP(=O)(CCP(=O)(O)O)OCC. The molecule has 0 aromatic rings. The molecule has 0 radical (unpaired) electrons. The Hall–Kier alpha value is 0.300. The third-order valence-electron chi connectivity index (χ3n) is 1.32. The summed E-state index contributed by atoms with van der Waals surface area (Å²) in [4.78, 5) is 17.2. The Balaban J connectivity index is 4.23. The fourth-order valence-electron chi connectivity index (χ4n) is 0.813. The molecule has 0 atom stereocenters. The van der Waals surface area contributed by atoms with Gasteiger partial charge in [-0.05, 0) is 13.8 Å².